The molecule has 0 unspecified atom stereocenters. The van der Waals surface area contributed by atoms with Gasteiger partial charge in [0, 0.05) is 23.3 Å². The Kier molecular flexibility index (Phi) is 6.86. The van der Waals surface area contributed by atoms with Crippen LogP contribution in [0.2, 0.25) is 0 Å². The first-order chi connectivity index (χ1) is 16.7. The Bertz CT molecular complexity index is 1160. The number of carbonyl (C=O) groups excluding carboxylic acids is 1. The third kappa shape index (κ3) is 6.04. The number of imidazole rings is 1. The molecule has 4 rings (SSSR count). The molecule has 1 fully saturated rings. The predicted octanol–water partition coefficient (Wildman–Crippen LogP) is 6.33. The summed E-state index contributed by atoms with van der Waals surface area (Å²) in [7, 11) is 0. The number of benzene rings is 2. The van der Waals surface area contributed by atoms with Crippen LogP contribution in [-0.2, 0) is 21.9 Å². The SMILES string of the molecule is C[C@@]1(O)CC(=O)O[C@H](CSc2nc(-c3ccc(C(F)(F)F)cc3)c(-c3ccc(C(F)(F)F)cc3)[nH]2)C1. The number of esters is 1. The third-order valence-corrected chi connectivity index (χ3v) is 6.57. The van der Waals surface area contributed by atoms with Gasteiger partial charge in [-0.2, -0.15) is 26.3 Å². The highest BCUT2D eigenvalue weighted by molar-refractivity contribution is 7.99. The minimum absolute atomic E-state index is 0.120. The van der Waals surface area contributed by atoms with Crippen molar-refractivity contribution in [3.8, 4) is 22.5 Å². The maximum absolute atomic E-state index is 13.0. The summed E-state index contributed by atoms with van der Waals surface area (Å²) in [6.45, 7) is 1.53. The standard InChI is InChI=1S/C24H20F6N2O3S/c1-22(34)10-17(35-18(33)11-22)12-36-21-31-19(13-2-6-15(7-3-13)23(25,26)27)20(32-21)14-4-8-16(9-5-14)24(28,29)30/h2-9,17,34H,10-12H2,1H3,(H,31,32)/t17-,22-/m0/s1. The van der Waals surface area contributed by atoms with Gasteiger partial charge < -0.3 is 14.8 Å². The van der Waals surface area contributed by atoms with Crippen LogP contribution >= 0.6 is 11.8 Å². The van der Waals surface area contributed by atoms with E-state index in [1.807, 2.05) is 0 Å². The summed E-state index contributed by atoms with van der Waals surface area (Å²) in [5.74, 6) is -0.305. The van der Waals surface area contributed by atoms with Crippen LogP contribution < -0.4 is 0 Å². The fraction of sp³-hybridized carbons (Fsp3) is 0.333. The number of halogens is 6. The molecule has 0 aliphatic carbocycles. The van der Waals surface area contributed by atoms with Crippen molar-refractivity contribution < 1.29 is 41.0 Å². The second kappa shape index (κ2) is 9.47. The Morgan fingerprint density at radius 3 is 2.03 bits per heavy atom. The Labute approximate surface area is 205 Å². The van der Waals surface area contributed by atoms with E-state index in [0.29, 0.717) is 22.0 Å². The first-order valence-electron chi connectivity index (χ1n) is 10.7. The first kappa shape index (κ1) is 26.1. The van der Waals surface area contributed by atoms with E-state index in [1.54, 1.807) is 0 Å². The molecule has 0 bridgehead atoms. The number of thioether (sulfide) groups is 1. The Morgan fingerprint density at radius 2 is 1.53 bits per heavy atom. The largest absolute Gasteiger partial charge is 0.461 e. The highest BCUT2D eigenvalue weighted by atomic mass is 32.2. The van der Waals surface area contributed by atoms with Crippen LogP contribution in [0, 0.1) is 0 Å². The number of hydrogen-bond donors (Lipinski definition) is 2. The molecule has 1 aliphatic rings. The van der Waals surface area contributed by atoms with Gasteiger partial charge in [-0.1, -0.05) is 36.0 Å². The van der Waals surface area contributed by atoms with Gasteiger partial charge in [0.05, 0.1) is 34.5 Å². The second-order valence-electron chi connectivity index (χ2n) is 8.72. The summed E-state index contributed by atoms with van der Waals surface area (Å²) in [6, 6.07) is 8.58. The number of cyclic esters (lactones) is 1. The van der Waals surface area contributed by atoms with Gasteiger partial charge in [-0.3, -0.25) is 4.79 Å². The number of H-pyrrole nitrogens is 1. The molecular formula is C24H20F6N2O3S. The first-order valence-corrected chi connectivity index (χ1v) is 11.7. The summed E-state index contributed by atoms with van der Waals surface area (Å²) < 4.78 is 83.2. The fourth-order valence-electron chi connectivity index (χ4n) is 3.89. The van der Waals surface area contributed by atoms with Crippen molar-refractivity contribution in [3.05, 3.63) is 59.7 Å². The Morgan fingerprint density at radius 1 is 1.00 bits per heavy atom. The van der Waals surface area contributed by atoms with Crippen molar-refractivity contribution in [1.29, 1.82) is 0 Å². The topological polar surface area (TPSA) is 75.2 Å². The van der Waals surface area contributed by atoms with E-state index < -0.39 is 41.2 Å². The zero-order valence-electron chi connectivity index (χ0n) is 18.7. The van der Waals surface area contributed by atoms with Crippen molar-refractivity contribution in [2.24, 2.45) is 0 Å². The Balaban J connectivity index is 1.65. The maximum Gasteiger partial charge on any atom is 0.416 e. The molecule has 2 N–H and O–H groups in total. The zero-order valence-corrected chi connectivity index (χ0v) is 19.5. The number of hydrogen-bond acceptors (Lipinski definition) is 5. The van der Waals surface area contributed by atoms with Crippen LogP contribution in [0.1, 0.15) is 30.9 Å². The summed E-state index contributed by atoms with van der Waals surface area (Å²) >= 11 is 1.15. The average molecular weight is 530 g/mol. The molecule has 12 heteroatoms. The van der Waals surface area contributed by atoms with Crippen molar-refractivity contribution >= 4 is 17.7 Å². The fourth-order valence-corrected chi connectivity index (χ4v) is 4.75. The van der Waals surface area contributed by atoms with Gasteiger partial charge >= 0.3 is 18.3 Å². The number of aromatic nitrogens is 2. The van der Waals surface area contributed by atoms with Crippen LogP contribution in [0.25, 0.3) is 22.5 Å². The number of ether oxygens (including phenoxy) is 1. The van der Waals surface area contributed by atoms with Crippen molar-refractivity contribution in [1.82, 2.24) is 9.97 Å². The molecule has 1 saturated heterocycles. The molecule has 0 radical (unpaired) electrons. The Hall–Kier alpha value is -2.99. The van der Waals surface area contributed by atoms with Crippen LogP contribution in [0.3, 0.4) is 0 Å². The summed E-state index contributed by atoms with van der Waals surface area (Å²) in [4.78, 5) is 19.2. The van der Waals surface area contributed by atoms with Crippen LogP contribution in [0.15, 0.2) is 53.7 Å². The maximum atomic E-state index is 13.0. The lowest BCUT2D eigenvalue weighted by Crippen LogP contribution is -2.41. The molecule has 3 aromatic rings. The lowest BCUT2D eigenvalue weighted by atomic mass is 9.93. The molecule has 2 aromatic carbocycles. The molecule has 5 nitrogen and oxygen atoms in total. The predicted molar refractivity (Wildman–Crippen MR) is 120 cm³/mol. The third-order valence-electron chi connectivity index (χ3n) is 5.57. The smallest absolute Gasteiger partial charge is 0.416 e. The number of rotatable bonds is 5. The van der Waals surface area contributed by atoms with Crippen molar-refractivity contribution in [3.63, 3.8) is 0 Å². The van der Waals surface area contributed by atoms with Crippen molar-refractivity contribution in [2.75, 3.05) is 5.75 Å². The van der Waals surface area contributed by atoms with Crippen LogP contribution in [-0.4, -0.2) is 38.5 Å². The molecule has 0 spiro atoms. The number of aromatic amines is 1. The van der Waals surface area contributed by atoms with Crippen LogP contribution in [0.4, 0.5) is 26.3 Å². The molecule has 0 amide bonds. The van der Waals surface area contributed by atoms with Crippen molar-refractivity contribution in [2.45, 2.75) is 49.0 Å². The normalized spacial score (nSPS) is 20.9. The molecule has 192 valence electrons. The average Bonchev–Trinajstić information content (AvgIpc) is 3.20. The number of nitrogens with one attached hydrogen (secondary N) is 1. The van der Waals surface area contributed by atoms with E-state index in [1.165, 1.54) is 31.2 Å². The summed E-state index contributed by atoms with van der Waals surface area (Å²) in [5.41, 5.74) is -1.66. The number of alkyl halides is 6. The van der Waals surface area contributed by atoms with E-state index in [0.717, 1.165) is 36.0 Å². The van der Waals surface area contributed by atoms with E-state index in [4.69, 9.17) is 4.74 Å². The molecule has 1 aromatic heterocycles. The monoisotopic (exact) mass is 530 g/mol. The van der Waals surface area contributed by atoms with Gasteiger partial charge in [0.1, 0.15) is 6.10 Å². The minimum Gasteiger partial charge on any atom is -0.461 e. The van der Waals surface area contributed by atoms with Gasteiger partial charge in [-0.25, -0.2) is 4.98 Å². The number of nitrogens with zero attached hydrogens (tertiary/aromatic N) is 1. The molecule has 2 atom stereocenters. The molecule has 36 heavy (non-hydrogen) atoms. The van der Waals surface area contributed by atoms with Gasteiger partial charge in [0.2, 0.25) is 0 Å². The molecule has 1 aliphatic heterocycles. The molecule has 0 saturated carbocycles. The highest BCUT2D eigenvalue weighted by Crippen LogP contribution is 2.37. The van der Waals surface area contributed by atoms with E-state index in [2.05, 4.69) is 9.97 Å². The lowest BCUT2D eigenvalue weighted by molar-refractivity contribution is -0.166. The van der Waals surface area contributed by atoms with E-state index >= 15 is 0 Å². The lowest BCUT2D eigenvalue weighted by Gasteiger charge is -2.32. The zero-order chi connectivity index (χ0) is 26.3. The quantitative estimate of drug-likeness (QED) is 0.229. The van der Waals surface area contributed by atoms with Gasteiger partial charge in [-0.15, -0.1) is 0 Å². The van der Waals surface area contributed by atoms with Gasteiger partial charge in [0.15, 0.2) is 5.16 Å². The minimum atomic E-state index is -4.53. The summed E-state index contributed by atoms with van der Waals surface area (Å²) in [5, 5.41) is 10.5. The van der Waals surface area contributed by atoms with Gasteiger partial charge in [-0.05, 0) is 31.2 Å². The number of aliphatic hydroxyl groups is 1. The molecular weight excluding hydrogens is 510 g/mol. The second-order valence-corrected chi connectivity index (χ2v) is 9.73. The van der Waals surface area contributed by atoms with E-state index in [-0.39, 0.29) is 24.3 Å². The van der Waals surface area contributed by atoms with Gasteiger partial charge in [0.25, 0.3) is 0 Å². The number of carbonyl (C=O) groups is 1. The highest BCUT2D eigenvalue weighted by Gasteiger charge is 2.36. The molecule has 2 heterocycles. The summed E-state index contributed by atoms with van der Waals surface area (Å²) in [6.07, 6.45) is -9.56. The van der Waals surface area contributed by atoms with E-state index in [9.17, 15) is 36.2 Å². The van der Waals surface area contributed by atoms with Crippen LogP contribution in [0.5, 0.6) is 0 Å².